The minimum Gasteiger partial charge on any atom is -0.788 e. The third kappa shape index (κ3) is 2.50. The lowest BCUT2D eigenvalue weighted by Gasteiger charge is -2.20. The highest BCUT2D eigenvalue weighted by atomic mass is 32.7. The molecule has 0 radical (unpaired) electrons. The summed E-state index contributed by atoms with van der Waals surface area (Å²) < 4.78 is 16.3. The normalized spacial score (nSPS) is 15.0. The molecule has 5 heteroatoms. The summed E-state index contributed by atoms with van der Waals surface area (Å²) in [6.07, 6.45) is 1.55. The molecule has 0 aliphatic carbocycles. The Morgan fingerprint density at radius 2 is 1.92 bits per heavy atom. The molecule has 0 bridgehead atoms. The Morgan fingerprint density at radius 1 is 1.38 bits per heavy atom. The molecule has 0 N–H and O–H groups in total. The van der Waals surface area contributed by atoms with E-state index in [1.165, 1.54) is 0 Å². The summed E-state index contributed by atoms with van der Waals surface area (Å²) in [5.41, 5.74) is 0. The molecule has 72 valence electrons. The van der Waals surface area contributed by atoms with E-state index in [2.05, 4.69) is 0 Å². The predicted octanol–water partition coefficient (Wildman–Crippen LogP) is 1.24. The van der Waals surface area contributed by atoms with Crippen molar-refractivity contribution in [2.24, 2.45) is 0 Å². The lowest BCUT2D eigenvalue weighted by atomic mass is 10.3. The van der Waals surface area contributed by atoms with Gasteiger partial charge in [0.05, 0.1) is 13.7 Å². The zero-order valence-corrected chi connectivity index (χ0v) is 9.10. The van der Waals surface area contributed by atoms with Gasteiger partial charge in [-0.2, -0.15) is 0 Å². The molecule has 0 heterocycles. The third-order valence-corrected chi connectivity index (χ3v) is 5.11. The summed E-state index contributed by atoms with van der Waals surface area (Å²) in [5, 5.41) is 0.334. The molecule has 0 aromatic heterocycles. The van der Waals surface area contributed by atoms with Crippen LogP contribution < -0.4 is 14.9 Å². The Kier molecular flexibility index (Phi) is 3.42. The molecule has 0 saturated heterocycles. The van der Waals surface area contributed by atoms with E-state index in [0.29, 0.717) is 11.1 Å². The van der Waals surface area contributed by atoms with Crippen molar-refractivity contribution in [1.82, 2.24) is 0 Å². The van der Waals surface area contributed by atoms with Crippen LogP contribution in [0.5, 0.6) is 5.75 Å². The van der Waals surface area contributed by atoms with E-state index in [0.717, 1.165) is 11.4 Å². The largest absolute Gasteiger partial charge is 0.788 e. The van der Waals surface area contributed by atoms with E-state index in [4.69, 9.17) is 4.74 Å². The summed E-state index contributed by atoms with van der Waals surface area (Å²) in [5.74, 6) is 0.657. The van der Waals surface area contributed by atoms with Crippen LogP contribution in [0.1, 0.15) is 0 Å². The molecule has 0 saturated carbocycles. The molecule has 0 amide bonds. The standard InChI is InChI=1S/C8H11O3PS/c1-11-7-3-5-8(6-4-7)12(9,10)13-2/h3-6H,1-2H3,(H,9,10)/p-1. The number of ether oxygens (including phenoxy) is 1. The fourth-order valence-corrected chi connectivity index (χ4v) is 2.59. The zero-order chi connectivity index (χ0) is 9.90. The molecule has 0 aliphatic heterocycles. The molecule has 13 heavy (non-hydrogen) atoms. The molecular weight excluding hydrogens is 207 g/mol. The molecule has 1 aromatic rings. The maximum Gasteiger partial charge on any atom is 0.118 e. The minimum atomic E-state index is -3.45. The molecule has 1 unspecified atom stereocenters. The molecule has 0 aliphatic rings. The van der Waals surface area contributed by atoms with Gasteiger partial charge in [-0.05, 0) is 30.5 Å². The van der Waals surface area contributed by atoms with Crippen molar-refractivity contribution >= 4 is 23.3 Å². The summed E-state index contributed by atoms with van der Waals surface area (Å²) in [6.45, 7) is -3.45. The Hall–Kier alpha value is -0.440. The molecule has 0 fully saturated rings. The predicted molar refractivity (Wildman–Crippen MR) is 53.7 cm³/mol. The van der Waals surface area contributed by atoms with Crippen molar-refractivity contribution in [2.75, 3.05) is 13.4 Å². The van der Waals surface area contributed by atoms with Gasteiger partial charge in [-0.1, -0.05) is 0 Å². The van der Waals surface area contributed by atoms with E-state index < -0.39 is 6.57 Å². The Balaban J connectivity index is 2.99. The first kappa shape index (κ1) is 10.6. The molecular formula is C8H10O3PS-. The number of methoxy groups -OCH3 is 1. The fraction of sp³-hybridized carbons (Fsp3) is 0.250. The van der Waals surface area contributed by atoms with Gasteiger partial charge in [0.25, 0.3) is 0 Å². The second kappa shape index (κ2) is 4.18. The van der Waals surface area contributed by atoms with Crippen molar-refractivity contribution < 1.29 is 14.2 Å². The number of benzene rings is 1. The van der Waals surface area contributed by atoms with Crippen LogP contribution in [-0.2, 0) is 4.57 Å². The van der Waals surface area contributed by atoms with Crippen LogP contribution in [0.3, 0.4) is 0 Å². The van der Waals surface area contributed by atoms with E-state index in [-0.39, 0.29) is 0 Å². The van der Waals surface area contributed by atoms with Gasteiger partial charge in [-0.25, -0.2) is 0 Å². The monoisotopic (exact) mass is 217 g/mol. The van der Waals surface area contributed by atoms with Gasteiger partial charge < -0.3 is 14.2 Å². The maximum absolute atomic E-state index is 11.4. The Labute approximate surface area is 81.3 Å². The van der Waals surface area contributed by atoms with E-state index in [1.54, 1.807) is 37.6 Å². The van der Waals surface area contributed by atoms with Gasteiger partial charge in [-0.15, -0.1) is 11.4 Å². The zero-order valence-electron chi connectivity index (χ0n) is 7.39. The van der Waals surface area contributed by atoms with Crippen LogP contribution in [-0.4, -0.2) is 13.4 Å². The summed E-state index contributed by atoms with van der Waals surface area (Å²) in [6, 6.07) is 6.36. The van der Waals surface area contributed by atoms with Gasteiger partial charge in [0.2, 0.25) is 0 Å². The highest BCUT2D eigenvalue weighted by Gasteiger charge is 2.08. The lowest BCUT2D eigenvalue weighted by Crippen LogP contribution is -2.11. The highest BCUT2D eigenvalue weighted by molar-refractivity contribution is 8.57. The van der Waals surface area contributed by atoms with Crippen LogP contribution in [0, 0.1) is 0 Å². The summed E-state index contributed by atoms with van der Waals surface area (Å²) in [4.78, 5) is 11.4. The topological polar surface area (TPSA) is 49.4 Å². The molecule has 0 spiro atoms. The Bertz CT molecular complexity index is 323. The van der Waals surface area contributed by atoms with Gasteiger partial charge in [0, 0.05) is 5.30 Å². The lowest BCUT2D eigenvalue weighted by molar-refractivity contribution is -0.164. The molecule has 3 nitrogen and oxygen atoms in total. The fourth-order valence-electron chi connectivity index (χ4n) is 0.870. The van der Waals surface area contributed by atoms with Crippen molar-refractivity contribution in [3.05, 3.63) is 24.3 Å². The van der Waals surface area contributed by atoms with Gasteiger partial charge in [0.1, 0.15) is 5.75 Å². The summed E-state index contributed by atoms with van der Waals surface area (Å²) >= 11 is 0.853. The minimum absolute atomic E-state index is 0.334. The van der Waals surface area contributed by atoms with Crippen molar-refractivity contribution in [3.8, 4) is 5.75 Å². The van der Waals surface area contributed by atoms with Crippen molar-refractivity contribution in [2.45, 2.75) is 0 Å². The summed E-state index contributed by atoms with van der Waals surface area (Å²) in [7, 11) is 1.54. The van der Waals surface area contributed by atoms with Gasteiger partial charge in [-0.3, -0.25) is 0 Å². The molecule has 1 aromatic carbocycles. The van der Waals surface area contributed by atoms with E-state index in [1.807, 2.05) is 0 Å². The van der Waals surface area contributed by atoms with E-state index >= 15 is 0 Å². The smallest absolute Gasteiger partial charge is 0.118 e. The molecule has 1 rings (SSSR count). The van der Waals surface area contributed by atoms with Crippen LogP contribution in [0.15, 0.2) is 24.3 Å². The Morgan fingerprint density at radius 3 is 2.31 bits per heavy atom. The maximum atomic E-state index is 11.4. The average Bonchev–Trinajstić information content (AvgIpc) is 2.18. The SMILES string of the molecule is COc1ccc(P(=O)([O-])SC)cc1. The van der Waals surface area contributed by atoms with E-state index in [9.17, 15) is 9.46 Å². The number of hydrogen-bond donors (Lipinski definition) is 0. The average molecular weight is 217 g/mol. The first-order valence-corrected chi connectivity index (χ1v) is 7.07. The van der Waals surface area contributed by atoms with Gasteiger partial charge in [0.15, 0.2) is 0 Å². The molecule has 1 atom stereocenters. The highest BCUT2D eigenvalue weighted by Crippen LogP contribution is 2.47. The van der Waals surface area contributed by atoms with Crippen molar-refractivity contribution in [3.63, 3.8) is 0 Å². The first-order valence-electron chi connectivity index (χ1n) is 3.61. The van der Waals surface area contributed by atoms with Crippen LogP contribution >= 0.6 is 18.0 Å². The second-order valence-electron chi connectivity index (χ2n) is 2.38. The van der Waals surface area contributed by atoms with Gasteiger partial charge >= 0.3 is 0 Å². The van der Waals surface area contributed by atoms with Crippen molar-refractivity contribution in [1.29, 1.82) is 0 Å². The van der Waals surface area contributed by atoms with Crippen LogP contribution in [0.25, 0.3) is 0 Å². The third-order valence-electron chi connectivity index (χ3n) is 1.63. The number of rotatable bonds is 3. The first-order chi connectivity index (χ1) is 6.10. The number of hydrogen-bond acceptors (Lipinski definition) is 4. The second-order valence-corrected chi connectivity index (χ2v) is 6.79. The quantitative estimate of drug-likeness (QED) is 0.715. The van der Waals surface area contributed by atoms with Crippen LogP contribution in [0.2, 0.25) is 0 Å². The van der Waals surface area contributed by atoms with Crippen LogP contribution in [0.4, 0.5) is 0 Å².